The zero-order valence-electron chi connectivity index (χ0n) is 10.1. The Kier molecular flexibility index (Phi) is 3.64. The molecule has 106 valence electrons. The summed E-state index contributed by atoms with van der Waals surface area (Å²) >= 11 is 0. The molecule has 0 aliphatic carbocycles. The van der Waals surface area contributed by atoms with Gasteiger partial charge < -0.3 is 15.7 Å². The Morgan fingerprint density at radius 3 is 2.35 bits per heavy atom. The fourth-order valence-electron chi connectivity index (χ4n) is 1.88. The van der Waals surface area contributed by atoms with Gasteiger partial charge in [0.05, 0.1) is 17.2 Å². The highest BCUT2D eigenvalue weighted by Crippen LogP contribution is 2.16. The quantitative estimate of drug-likeness (QED) is 0.743. The number of hydrogen-bond acceptors (Lipinski definition) is 3. The van der Waals surface area contributed by atoms with Crippen LogP contribution in [-0.2, 0) is 4.79 Å². The molecule has 6 nitrogen and oxygen atoms in total. The maximum absolute atomic E-state index is 13.1. The Morgan fingerprint density at radius 1 is 1.25 bits per heavy atom. The fraction of sp³-hybridized carbons (Fsp3) is 0.250. The van der Waals surface area contributed by atoms with E-state index in [-0.39, 0.29) is 18.9 Å². The van der Waals surface area contributed by atoms with Gasteiger partial charge in [-0.05, 0) is 12.1 Å². The molecule has 0 spiro atoms. The Morgan fingerprint density at radius 2 is 1.85 bits per heavy atom. The molecule has 1 aliphatic heterocycles. The molecule has 8 heteroatoms. The van der Waals surface area contributed by atoms with Crippen molar-refractivity contribution in [3.8, 4) is 0 Å². The molecule has 1 unspecified atom stereocenters. The molecule has 2 amide bonds. The number of nitrogens with one attached hydrogen (secondary N) is 2. The Labute approximate surface area is 111 Å². The van der Waals surface area contributed by atoms with Crippen LogP contribution < -0.4 is 10.6 Å². The topological polar surface area (TPSA) is 95.5 Å². The fourth-order valence-corrected chi connectivity index (χ4v) is 1.88. The van der Waals surface area contributed by atoms with Crippen molar-refractivity contribution in [2.24, 2.45) is 0 Å². The van der Waals surface area contributed by atoms with Gasteiger partial charge >= 0.3 is 5.97 Å². The number of halogens is 2. The van der Waals surface area contributed by atoms with E-state index in [1.54, 1.807) is 0 Å². The van der Waals surface area contributed by atoms with E-state index in [4.69, 9.17) is 5.11 Å². The van der Waals surface area contributed by atoms with Crippen molar-refractivity contribution in [2.75, 3.05) is 6.54 Å². The predicted molar refractivity (Wildman–Crippen MR) is 62.2 cm³/mol. The molecule has 0 saturated carbocycles. The summed E-state index contributed by atoms with van der Waals surface area (Å²) in [5.74, 6) is -5.34. The van der Waals surface area contributed by atoms with Crippen LogP contribution in [0.1, 0.15) is 27.1 Å². The first-order chi connectivity index (χ1) is 9.38. The minimum absolute atomic E-state index is 0.0534. The lowest BCUT2D eigenvalue weighted by atomic mass is 10.1. The van der Waals surface area contributed by atoms with Crippen LogP contribution in [0.5, 0.6) is 0 Å². The maximum atomic E-state index is 13.1. The van der Waals surface area contributed by atoms with E-state index < -0.39 is 40.7 Å². The maximum Gasteiger partial charge on any atom is 0.336 e. The van der Waals surface area contributed by atoms with E-state index in [1.165, 1.54) is 0 Å². The van der Waals surface area contributed by atoms with Crippen LogP contribution in [0.2, 0.25) is 0 Å². The van der Waals surface area contributed by atoms with Crippen LogP contribution in [0.4, 0.5) is 8.78 Å². The van der Waals surface area contributed by atoms with Gasteiger partial charge in [-0.25, -0.2) is 13.6 Å². The molecule has 3 N–H and O–H groups in total. The van der Waals surface area contributed by atoms with E-state index >= 15 is 0 Å². The van der Waals surface area contributed by atoms with Gasteiger partial charge in [-0.15, -0.1) is 0 Å². The molecule has 1 aliphatic rings. The van der Waals surface area contributed by atoms with Gasteiger partial charge in [0.25, 0.3) is 5.91 Å². The highest BCUT2D eigenvalue weighted by molar-refractivity contribution is 6.05. The van der Waals surface area contributed by atoms with E-state index in [0.717, 1.165) is 0 Å². The number of carboxylic acid groups (broad SMARTS) is 1. The Bertz CT molecular complexity index is 603. The van der Waals surface area contributed by atoms with Crippen molar-refractivity contribution in [2.45, 2.75) is 12.5 Å². The van der Waals surface area contributed by atoms with E-state index in [0.29, 0.717) is 12.1 Å². The Balaban J connectivity index is 2.26. The first-order valence-corrected chi connectivity index (χ1v) is 5.68. The molecule has 1 aromatic rings. The monoisotopic (exact) mass is 284 g/mol. The number of carboxylic acids is 1. The third-order valence-electron chi connectivity index (χ3n) is 2.85. The average Bonchev–Trinajstić information content (AvgIpc) is 2.77. The minimum atomic E-state index is -1.55. The lowest BCUT2D eigenvalue weighted by Gasteiger charge is -2.12. The number of rotatable bonds is 3. The first kappa shape index (κ1) is 13.9. The summed E-state index contributed by atoms with van der Waals surface area (Å²) in [5, 5.41) is 13.8. The molecule has 1 aromatic carbocycles. The van der Waals surface area contributed by atoms with Gasteiger partial charge in [0, 0.05) is 13.0 Å². The average molecular weight is 284 g/mol. The Hall–Kier alpha value is -2.51. The van der Waals surface area contributed by atoms with Crippen LogP contribution in [-0.4, -0.2) is 35.5 Å². The molecule has 1 fully saturated rings. The summed E-state index contributed by atoms with van der Waals surface area (Å²) < 4.78 is 26.2. The molecular formula is C12H10F2N2O4. The number of carbonyl (C=O) groups excluding carboxylic acids is 2. The summed E-state index contributed by atoms with van der Waals surface area (Å²) in [6.45, 7) is 0.205. The number of hydrogen-bond donors (Lipinski definition) is 3. The molecule has 1 saturated heterocycles. The zero-order chi connectivity index (χ0) is 14.9. The van der Waals surface area contributed by atoms with Crippen LogP contribution >= 0.6 is 0 Å². The lowest BCUT2D eigenvalue weighted by Crippen LogP contribution is -2.37. The van der Waals surface area contributed by atoms with Crippen molar-refractivity contribution in [3.63, 3.8) is 0 Å². The third kappa shape index (κ3) is 2.73. The van der Waals surface area contributed by atoms with Crippen LogP contribution in [0.15, 0.2) is 12.1 Å². The summed E-state index contributed by atoms with van der Waals surface area (Å²) in [4.78, 5) is 33.8. The van der Waals surface area contributed by atoms with Crippen molar-refractivity contribution in [3.05, 3.63) is 34.9 Å². The first-order valence-electron chi connectivity index (χ1n) is 5.68. The smallest absolute Gasteiger partial charge is 0.336 e. The second kappa shape index (κ2) is 5.24. The number of carbonyl (C=O) groups is 3. The van der Waals surface area contributed by atoms with Gasteiger partial charge in [0.2, 0.25) is 5.91 Å². The minimum Gasteiger partial charge on any atom is -0.478 e. The third-order valence-corrected chi connectivity index (χ3v) is 2.85. The molecule has 20 heavy (non-hydrogen) atoms. The molecule has 1 atom stereocenters. The molecule has 1 heterocycles. The van der Waals surface area contributed by atoms with Gasteiger partial charge in [-0.1, -0.05) is 0 Å². The summed E-state index contributed by atoms with van der Waals surface area (Å²) in [6.07, 6.45) is 0.0534. The van der Waals surface area contributed by atoms with Gasteiger partial charge in [0.1, 0.15) is 0 Å². The number of aromatic carboxylic acids is 1. The van der Waals surface area contributed by atoms with Crippen molar-refractivity contribution in [1.82, 2.24) is 10.6 Å². The largest absolute Gasteiger partial charge is 0.478 e. The predicted octanol–water partition coefficient (Wildman–Crippen LogP) is 0.281. The van der Waals surface area contributed by atoms with Crippen LogP contribution in [0.25, 0.3) is 0 Å². The standard InChI is InChI=1S/C12H10F2N2O4/c13-8-2-6(7(12(19)20)3-9(8)14)11(18)16-5-1-10(17)15-4-5/h2-3,5H,1,4H2,(H,15,17)(H,16,18)(H,19,20). The number of benzene rings is 1. The SMILES string of the molecule is O=C1CC(NC(=O)c2cc(F)c(F)cc2C(=O)O)CN1. The second-order valence-electron chi connectivity index (χ2n) is 4.30. The van der Waals surface area contributed by atoms with E-state index in [1.807, 2.05) is 0 Å². The van der Waals surface area contributed by atoms with E-state index in [9.17, 15) is 23.2 Å². The van der Waals surface area contributed by atoms with E-state index in [2.05, 4.69) is 10.6 Å². The van der Waals surface area contributed by atoms with Gasteiger partial charge in [-0.3, -0.25) is 9.59 Å². The van der Waals surface area contributed by atoms with Crippen LogP contribution in [0.3, 0.4) is 0 Å². The molecule has 0 radical (unpaired) electrons. The summed E-state index contributed by atoms with van der Waals surface area (Å²) in [5.41, 5.74) is -1.13. The van der Waals surface area contributed by atoms with Crippen molar-refractivity contribution < 1.29 is 28.3 Å². The van der Waals surface area contributed by atoms with Crippen LogP contribution in [0, 0.1) is 11.6 Å². The molecule has 0 aromatic heterocycles. The highest BCUT2D eigenvalue weighted by atomic mass is 19.2. The van der Waals surface area contributed by atoms with Crippen molar-refractivity contribution >= 4 is 17.8 Å². The lowest BCUT2D eigenvalue weighted by molar-refractivity contribution is -0.119. The van der Waals surface area contributed by atoms with Crippen molar-refractivity contribution in [1.29, 1.82) is 0 Å². The number of amides is 2. The normalized spacial score (nSPS) is 17.7. The highest BCUT2D eigenvalue weighted by Gasteiger charge is 2.26. The molecular weight excluding hydrogens is 274 g/mol. The molecule has 0 bridgehead atoms. The summed E-state index contributed by atoms with van der Waals surface area (Å²) in [6, 6.07) is 0.466. The second-order valence-corrected chi connectivity index (χ2v) is 4.30. The zero-order valence-corrected chi connectivity index (χ0v) is 10.1. The summed E-state index contributed by atoms with van der Waals surface area (Å²) in [7, 11) is 0. The molecule has 2 rings (SSSR count). The van der Waals surface area contributed by atoms with Gasteiger partial charge in [-0.2, -0.15) is 0 Å². The van der Waals surface area contributed by atoms with Gasteiger partial charge in [0.15, 0.2) is 11.6 Å².